The van der Waals surface area contributed by atoms with Crippen LogP contribution in [-0.4, -0.2) is 187 Å². The van der Waals surface area contributed by atoms with E-state index in [1.165, 1.54) is 36.9 Å². The Hall–Kier alpha value is -11.6. The van der Waals surface area contributed by atoms with Crippen molar-refractivity contribution in [1.29, 1.82) is 15.8 Å². The predicted molar refractivity (Wildman–Crippen MR) is 431 cm³/mol. The Morgan fingerprint density at radius 1 is 0.504 bits per heavy atom. The average molecular weight is 1680 g/mol. The normalized spacial score (nSPS) is 15.2. The molecule has 6 amide bonds. The third-order valence-corrected chi connectivity index (χ3v) is 23.9. The Bertz CT molecular complexity index is 5120. The molecule has 3 aromatic heterocycles. The number of likely N-dealkylation sites (tertiary alicyclic amines) is 2. The first-order valence-corrected chi connectivity index (χ1v) is 44.3. The highest BCUT2D eigenvalue weighted by Crippen LogP contribution is 2.34. The highest BCUT2D eigenvalue weighted by atomic mass is 32.2. The standard InChI is InChI=1S/C28H33N5O6S.C27H31N5O6S.C25H29N5O6S2/c1-19(2)39-28(36)23-15-22(16-29)26(30-24(23)17-33-12-6-9-25(33)34)32-13-10-21(11-14-32)27(35)31-40(37,38)18-20-7-4-3-5-8-20;1-2-38-27(35)22-15-21(16-28)25(29-23(22)17-32-12-6-9-24(32)33)31-13-10-20(11-14-31)26(34)30-39(36,37)18-19-7-4-3-5-8-19;1-3-36-25(33)21-11-19(12-26)23(28-22(21)15-37-10-9-27-17(2)31)30-13-20(14-30)24(32)29-38(34,35)16-18-7-5-4-6-8-18/h3-5,7-8,15,19,21H,6,9-14,17-18H2,1-2H3,(H,31,35);3-5,7-8,15,20H,2,6,9-14,17-18H2,1H3,(H,30,34);4-8,11,20H,3,9-10,13-16H2,1-2H3,(H,27,31)(H,29,32). The van der Waals surface area contributed by atoms with Gasteiger partial charge in [-0.15, -0.1) is 0 Å². The summed E-state index contributed by atoms with van der Waals surface area (Å²) >= 11 is 1.45. The molecule has 0 atom stereocenters. The van der Waals surface area contributed by atoms with Crippen molar-refractivity contribution in [3.63, 3.8) is 0 Å². The van der Waals surface area contributed by atoms with E-state index in [0.29, 0.717) is 147 Å². The van der Waals surface area contributed by atoms with Crippen LogP contribution in [0.4, 0.5) is 17.5 Å². The zero-order valence-corrected chi connectivity index (χ0v) is 68.8. The van der Waals surface area contributed by atoms with Crippen LogP contribution in [-0.2, 0) is 109 Å². The van der Waals surface area contributed by atoms with E-state index >= 15 is 0 Å². The summed E-state index contributed by atoms with van der Waals surface area (Å²) in [5.41, 5.74) is 3.84. The number of aromatic nitrogens is 3. The fourth-order valence-corrected chi connectivity index (χ4v) is 17.8. The van der Waals surface area contributed by atoms with Crippen molar-refractivity contribution in [3.8, 4) is 18.2 Å². The zero-order chi connectivity index (χ0) is 84.6. The molecule has 0 unspecified atom stereocenters. The van der Waals surface area contributed by atoms with Gasteiger partial charge in [0.1, 0.15) is 35.7 Å². The lowest BCUT2D eigenvalue weighted by atomic mass is 9.96. The van der Waals surface area contributed by atoms with Gasteiger partial charge in [0, 0.05) is 102 Å². The van der Waals surface area contributed by atoms with Gasteiger partial charge in [-0.3, -0.25) is 42.9 Å². The number of esters is 3. The van der Waals surface area contributed by atoms with E-state index in [-0.39, 0.29) is 114 Å². The molecule has 0 aliphatic carbocycles. The number of nitrogens with one attached hydrogen (secondary N) is 4. The van der Waals surface area contributed by atoms with Crippen LogP contribution in [0.5, 0.6) is 0 Å². The number of amides is 6. The number of pyridine rings is 3. The number of benzene rings is 3. The molecule has 5 aliphatic heterocycles. The van der Waals surface area contributed by atoms with Gasteiger partial charge in [0.25, 0.3) is 0 Å². The van der Waals surface area contributed by atoms with Crippen molar-refractivity contribution in [2.24, 2.45) is 17.8 Å². The van der Waals surface area contributed by atoms with Gasteiger partial charge in [-0.1, -0.05) is 91.0 Å². The summed E-state index contributed by atoms with van der Waals surface area (Å²) < 4.78 is 97.1. The molecule has 8 heterocycles. The maximum absolute atomic E-state index is 12.9. The number of hydrogen-bond acceptors (Lipinski definition) is 28. The summed E-state index contributed by atoms with van der Waals surface area (Å²) in [7, 11) is -11.6. The van der Waals surface area contributed by atoms with Crippen molar-refractivity contribution >= 4 is 113 Å². The first-order valence-electron chi connectivity index (χ1n) is 38.1. The summed E-state index contributed by atoms with van der Waals surface area (Å²) in [5.74, 6) is -4.28. The van der Waals surface area contributed by atoms with Gasteiger partial charge in [-0.2, -0.15) is 27.5 Å². The van der Waals surface area contributed by atoms with Gasteiger partial charge >= 0.3 is 17.9 Å². The molecule has 0 radical (unpaired) electrons. The third-order valence-electron chi connectivity index (χ3n) is 19.3. The molecule has 5 fully saturated rings. The largest absolute Gasteiger partial charge is 0.462 e. The Labute approximate surface area is 684 Å². The quantitative estimate of drug-likeness (QED) is 0.0221. The van der Waals surface area contributed by atoms with Gasteiger partial charge < -0.3 is 44.0 Å². The van der Waals surface area contributed by atoms with E-state index in [1.54, 1.807) is 133 Å². The van der Waals surface area contributed by atoms with Crippen molar-refractivity contribution in [1.82, 2.24) is 44.2 Å². The molecule has 6 aromatic rings. The number of nitrogens with zero attached hydrogens (tertiary/aromatic N) is 11. The minimum absolute atomic E-state index is 0.0217. The monoisotopic (exact) mass is 1680 g/mol. The van der Waals surface area contributed by atoms with E-state index in [1.807, 2.05) is 15.9 Å². The van der Waals surface area contributed by atoms with Crippen LogP contribution in [0, 0.1) is 51.7 Å². The summed E-state index contributed by atoms with van der Waals surface area (Å²) in [6.07, 6.45) is 3.39. The minimum atomic E-state index is -3.86. The van der Waals surface area contributed by atoms with E-state index in [2.05, 4.69) is 46.6 Å². The topological polar surface area (TPSA) is 458 Å². The SMILES string of the molecule is CC(C)OC(=O)c1cc(C#N)c(N2CCC(C(=O)NS(=O)(=O)Cc3ccccc3)CC2)nc1CN1CCCC1=O.CCOC(=O)c1cc(C#N)c(N2CC(C(=O)NS(=O)(=O)Cc3ccccc3)C2)nc1CSCCNC(C)=O.CCOC(=O)c1cc(C#N)c(N2CCC(C(=O)NS(=O)(=O)Cc3ccccc3)CC2)nc1CN1CCCC1=O. The van der Waals surface area contributed by atoms with Crippen molar-refractivity contribution in [3.05, 3.63) is 176 Å². The molecule has 11 rings (SSSR count). The van der Waals surface area contributed by atoms with Gasteiger partial charge in [-0.25, -0.2) is 54.6 Å². The molecule has 620 valence electrons. The molecule has 5 aliphatic rings. The number of nitriles is 3. The van der Waals surface area contributed by atoms with Crippen LogP contribution in [0.25, 0.3) is 0 Å². The summed E-state index contributed by atoms with van der Waals surface area (Å²) in [4.78, 5) is 134. The summed E-state index contributed by atoms with van der Waals surface area (Å²) in [5, 5.41) is 32.1. The lowest BCUT2D eigenvalue weighted by Gasteiger charge is -2.39. The number of anilines is 3. The second-order valence-corrected chi connectivity index (χ2v) is 34.7. The van der Waals surface area contributed by atoms with E-state index in [9.17, 15) is 84.2 Å². The fourth-order valence-electron chi connectivity index (χ4n) is 13.5. The molecule has 0 bridgehead atoms. The lowest BCUT2D eigenvalue weighted by molar-refractivity contribution is -0.129. The molecular formula is C80H93N15O18S4. The molecule has 37 heteroatoms. The number of thioether (sulfide) groups is 1. The van der Waals surface area contributed by atoms with Gasteiger partial charge in [-0.05, 0) is 101 Å². The number of sulfonamides is 3. The van der Waals surface area contributed by atoms with Crippen LogP contribution in [0.3, 0.4) is 0 Å². The molecule has 4 N–H and O–H groups in total. The summed E-state index contributed by atoms with van der Waals surface area (Å²) in [6, 6.07) is 36.4. The number of carbonyl (C=O) groups is 9. The molecule has 33 nitrogen and oxygen atoms in total. The zero-order valence-electron chi connectivity index (χ0n) is 65.5. The van der Waals surface area contributed by atoms with Crippen LogP contribution in [0.2, 0.25) is 0 Å². The van der Waals surface area contributed by atoms with E-state index in [4.69, 9.17) is 14.2 Å². The third kappa shape index (κ3) is 25.7. The maximum atomic E-state index is 12.9. The highest BCUT2D eigenvalue weighted by Gasteiger charge is 2.39. The Morgan fingerprint density at radius 2 is 0.855 bits per heavy atom. The van der Waals surface area contributed by atoms with Crippen molar-refractivity contribution in [2.45, 2.75) is 128 Å². The van der Waals surface area contributed by atoms with Gasteiger partial charge in [0.15, 0.2) is 0 Å². The lowest BCUT2D eigenvalue weighted by Crippen LogP contribution is -2.55. The number of carbonyl (C=O) groups excluding carboxylic acids is 9. The molecule has 5 saturated heterocycles. The molecule has 0 saturated carbocycles. The Balaban J connectivity index is 0.000000200. The van der Waals surface area contributed by atoms with Crippen LogP contribution >= 0.6 is 11.8 Å². The highest BCUT2D eigenvalue weighted by molar-refractivity contribution is 7.98. The van der Waals surface area contributed by atoms with Gasteiger partial charge in [0.05, 0.1) is 106 Å². The first kappa shape index (κ1) is 89.3. The van der Waals surface area contributed by atoms with Crippen LogP contribution in [0.15, 0.2) is 109 Å². The molecule has 0 spiro atoms. The van der Waals surface area contributed by atoms with Crippen LogP contribution in [0.1, 0.15) is 168 Å². The first-order chi connectivity index (χ1) is 55.9. The second kappa shape index (κ2) is 41.8. The Morgan fingerprint density at radius 3 is 1.20 bits per heavy atom. The molecule has 3 aromatic carbocycles. The average Bonchev–Trinajstić information content (AvgIpc) is 0.899. The van der Waals surface area contributed by atoms with Gasteiger partial charge in [0.2, 0.25) is 65.5 Å². The van der Waals surface area contributed by atoms with Crippen LogP contribution < -0.4 is 34.2 Å². The number of ether oxygens (including phenoxy) is 3. The number of hydrogen-bond donors (Lipinski definition) is 4. The summed E-state index contributed by atoms with van der Waals surface area (Å²) in [6.45, 7) is 12.1. The predicted octanol–water partition coefficient (Wildman–Crippen LogP) is 6.20. The molecule has 117 heavy (non-hydrogen) atoms. The van der Waals surface area contributed by atoms with Crippen molar-refractivity contribution < 1.29 is 82.6 Å². The Kier molecular flexibility index (Phi) is 31.9. The number of piperidine rings is 2. The maximum Gasteiger partial charge on any atom is 0.340 e. The minimum Gasteiger partial charge on any atom is -0.462 e. The van der Waals surface area contributed by atoms with E-state index in [0.717, 1.165) is 12.8 Å². The van der Waals surface area contributed by atoms with Crippen molar-refractivity contribution in [2.75, 3.05) is 92.6 Å². The second-order valence-electron chi connectivity index (χ2n) is 28.4. The fraction of sp³-hybridized carbons (Fsp3) is 0.438. The molecular weight excluding hydrogens is 1590 g/mol. The van der Waals surface area contributed by atoms with E-state index < -0.39 is 83.5 Å². The number of rotatable bonds is 30. The smallest absolute Gasteiger partial charge is 0.340 e.